The second-order valence-corrected chi connectivity index (χ2v) is 3.02. The molecule has 0 fully saturated rings. The van der Waals surface area contributed by atoms with E-state index in [1.54, 1.807) is 13.8 Å². The Morgan fingerprint density at radius 2 is 1.80 bits per heavy atom. The van der Waals surface area contributed by atoms with Crippen LogP contribution in [0.2, 0.25) is 0 Å². The standard InChI is InChI=1S/C4H12O5Si/c1-3-7-9-10(5,6)8-4-2/h5-6H,3-4H2,1-2H3. The molecule has 2 N–H and O–H groups in total. The van der Waals surface area contributed by atoms with Crippen molar-refractivity contribution in [3.63, 3.8) is 0 Å². The quantitative estimate of drug-likeness (QED) is 0.326. The van der Waals surface area contributed by atoms with E-state index in [-0.39, 0.29) is 13.2 Å². The lowest BCUT2D eigenvalue weighted by Crippen LogP contribution is -2.42. The summed E-state index contributed by atoms with van der Waals surface area (Å²) in [6.07, 6.45) is 0. The molecule has 0 heterocycles. The second-order valence-electron chi connectivity index (χ2n) is 1.47. The molecule has 0 aromatic carbocycles. The molecule has 0 atom stereocenters. The number of hydrogen-bond donors (Lipinski definition) is 2. The summed E-state index contributed by atoms with van der Waals surface area (Å²) in [6, 6.07) is 0. The van der Waals surface area contributed by atoms with Gasteiger partial charge in [-0.1, -0.05) is 0 Å². The first kappa shape index (κ1) is 10.0. The zero-order chi connectivity index (χ0) is 8.04. The van der Waals surface area contributed by atoms with Crippen molar-refractivity contribution in [1.82, 2.24) is 0 Å². The summed E-state index contributed by atoms with van der Waals surface area (Å²) in [4.78, 5) is 21.8. The molecular formula is C4H12O5Si. The highest BCUT2D eigenvalue weighted by molar-refractivity contribution is 6.49. The van der Waals surface area contributed by atoms with Gasteiger partial charge in [0.25, 0.3) is 0 Å². The van der Waals surface area contributed by atoms with Crippen molar-refractivity contribution in [2.45, 2.75) is 13.8 Å². The first-order chi connectivity index (χ1) is 4.62. The van der Waals surface area contributed by atoms with Crippen molar-refractivity contribution in [2.75, 3.05) is 13.2 Å². The summed E-state index contributed by atoms with van der Waals surface area (Å²) in [5.74, 6) is 0. The van der Waals surface area contributed by atoms with Gasteiger partial charge in [-0.05, 0) is 13.8 Å². The molecule has 0 aromatic rings. The van der Waals surface area contributed by atoms with E-state index in [0.29, 0.717) is 0 Å². The molecule has 0 rings (SSSR count). The van der Waals surface area contributed by atoms with Crippen LogP contribution in [0, 0.1) is 0 Å². The highest BCUT2D eigenvalue weighted by atomic mass is 28.4. The third kappa shape index (κ3) is 4.85. The Balaban J connectivity index is 3.42. The predicted molar refractivity (Wildman–Crippen MR) is 34.5 cm³/mol. The number of hydrogen-bond acceptors (Lipinski definition) is 5. The summed E-state index contributed by atoms with van der Waals surface area (Å²) in [6.45, 7) is 3.73. The van der Waals surface area contributed by atoms with Gasteiger partial charge in [0, 0.05) is 6.61 Å². The van der Waals surface area contributed by atoms with Crippen molar-refractivity contribution in [2.24, 2.45) is 0 Å². The smallest absolute Gasteiger partial charge is 0.366 e. The Hall–Kier alpha value is 0.0169. The van der Waals surface area contributed by atoms with Crippen molar-refractivity contribution in [1.29, 1.82) is 0 Å². The van der Waals surface area contributed by atoms with E-state index >= 15 is 0 Å². The van der Waals surface area contributed by atoms with Crippen LogP contribution in [0.4, 0.5) is 0 Å². The Kier molecular flexibility index (Phi) is 4.78. The first-order valence-corrected chi connectivity index (χ1v) is 4.72. The maximum atomic E-state index is 8.77. The largest absolute Gasteiger partial charge is 0.702 e. The summed E-state index contributed by atoms with van der Waals surface area (Å²) in [5, 5.41) is 0. The van der Waals surface area contributed by atoms with Gasteiger partial charge in [-0.15, -0.1) is 0 Å². The lowest BCUT2D eigenvalue weighted by Gasteiger charge is -2.13. The van der Waals surface area contributed by atoms with E-state index in [4.69, 9.17) is 9.59 Å². The average Bonchev–Trinajstić information content (AvgIpc) is 1.84. The van der Waals surface area contributed by atoms with Crippen molar-refractivity contribution < 1.29 is 23.5 Å². The lowest BCUT2D eigenvalue weighted by atomic mass is 10.9. The predicted octanol–water partition coefficient (Wildman–Crippen LogP) is -0.589. The van der Waals surface area contributed by atoms with Crippen LogP contribution in [0.1, 0.15) is 13.8 Å². The van der Waals surface area contributed by atoms with Crippen LogP contribution in [0.15, 0.2) is 0 Å². The fourth-order valence-electron chi connectivity index (χ4n) is 0.348. The Morgan fingerprint density at radius 3 is 2.20 bits per heavy atom. The summed E-state index contributed by atoms with van der Waals surface area (Å²) in [5.41, 5.74) is 0. The third-order valence-electron chi connectivity index (χ3n) is 0.618. The van der Waals surface area contributed by atoms with E-state index in [0.717, 1.165) is 0 Å². The van der Waals surface area contributed by atoms with Crippen LogP contribution in [0.3, 0.4) is 0 Å². The summed E-state index contributed by atoms with van der Waals surface area (Å²) >= 11 is 0. The number of rotatable bonds is 5. The van der Waals surface area contributed by atoms with Gasteiger partial charge in [0.05, 0.1) is 6.61 Å². The Bertz CT molecular complexity index is 85.7. The minimum absolute atomic E-state index is 0.187. The zero-order valence-corrected chi connectivity index (χ0v) is 7.03. The molecule has 0 aliphatic rings. The van der Waals surface area contributed by atoms with Gasteiger partial charge in [0.1, 0.15) is 0 Å². The minimum atomic E-state index is -3.95. The van der Waals surface area contributed by atoms with Gasteiger partial charge in [-0.3, -0.25) is 0 Å². The molecule has 0 saturated heterocycles. The minimum Gasteiger partial charge on any atom is -0.366 e. The molecule has 10 heavy (non-hydrogen) atoms. The Labute approximate surface area is 60.6 Å². The lowest BCUT2D eigenvalue weighted by molar-refractivity contribution is -0.262. The van der Waals surface area contributed by atoms with E-state index in [1.807, 2.05) is 0 Å². The topological polar surface area (TPSA) is 68.2 Å². The van der Waals surface area contributed by atoms with Gasteiger partial charge in [0.2, 0.25) is 0 Å². The van der Waals surface area contributed by atoms with Gasteiger partial charge in [-0.2, -0.15) is 4.58 Å². The molecule has 0 aliphatic carbocycles. The van der Waals surface area contributed by atoms with Crippen molar-refractivity contribution in [3.05, 3.63) is 0 Å². The molecule has 62 valence electrons. The molecule has 0 spiro atoms. The third-order valence-corrected chi connectivity index (χ3v) is 1.62. The van der Waals surface area contributed by atoms with E-state index in [1.165, 1.54) is 0 Å². The van der Waals surface area contributed by atoms with Gasteiger partial charge in [-0.25, -0.2) is 4.89 Å². The second kappa shape index (κ2) is 4.77. The molecule has 5 nitrogen and oxygen atoms in total. The molecule has 0 unspecified atom stereocenters. The Morgan fingerprint density at radius 1 is 1.20 bits per heavy atom. The van der Waals surface area contributed by atoms with Crippen LogP contribution in [-0.4, -0.2) is 31.9 Å². The van der Waals surface area contributed by atoms with Gasteiger partial charge >= 0.3 is 9.05 Å². The fraction of sp³-hybridized carbons (Fsp3) is 1.00. The molecule has 0 radical (unpaired) electrons. The monoisotopic (exact) mass is 168 g/mol. The van der Waals surface area contributed by atoms with Crippen molar-refractivity contribution in [3.8, 4) is 0 Å². The van der Waals surface area contributed by atoms with Crippen LogP contribution < -0.4 is 0 Å². The first-order valence-electron chi connectivity index (χ1n) is 3.01. The maximum Gasteiger partial charge on any atom is 0.702 e. The zero-order valence-electron chi connectivity index (χ0n) is 6.03. The molecular weight excluding hydrogens is 156 g/mol. The van der Waals surface area contributed by atoms with E-state index in [2.05, 4.69) is 13.9 Å². The molecule has 0 aliphatic heterocycles. The molecule has 6 heteroatoms. The van der Waals surface area contributed by atoms with Crippen LogP contribution in [-0.2, 0) is 13.9 Å². The molecule has 0 amide bonds. The van der Waals surface area contributed by atoms with Crippen molar-refractivity contribution >= 4 is 9.05 Å². The van der Waals surface area contributed by atoms with Crippen LogP contribution >= 0.6 is 0 Å². The van der Waals surface area contributed by atoms with Crippen LogP contribution in [0.5, 0.6) is 0 Å². The molecule has 0 saturated carbocycles. The van der Waals surface area contributed by atoms with E-state index in [9.17, 15) is 0 Å². The average molecular weight is 168 g/mol. The maximum absolute atomic E-state index is 8.77. The van der Waals surface area contributed by atoms with Crippen LogP contribution in [0.25, 0.3) is 0 Å². The van der Waals surface area contributed by atoms with E-state index < -0.39 is 9.05 Å². The highest BCUT2D eigenvalue weighted by Gasteiger charge is 2.37. The highest BCUT2D eigenvalue weighted by Crippen LogP contribution is 1.97. The summed E-state index contributed by atoms with van der Waals surface area (Å²) in [7, 11) is -3.95. The summed E-state index contributed by atoms with van der Waals surface area (Å²) < 4.78 is 8.58. The van der Waals surface area contributed by atoms with Gasteiger partial charge < -0.3 is 14.0 Å². The molecule has 0 bridgehead atoms. The molecule has 0 aromatic heterocycles. The normalized spacial score (nSPS) is 12.0. The fourth-order valence-corrected chi connectivity index (χ4v) is 1.04. The SMILES string of the molecule is CCOO[Si](O)(O)OCC. The van der Waals surface area contributed by atoms with Gasteiger partial charge in [0.15, 0.2) is 0 Å².